The molecule has 0 rings (SSSR count). The molecule has 0 aliphatic heterocycles. The predicted octanol–water partition coefficient (Wildman–Crippen LogP) is 22.0. The fourth-order valence-corrected chi connectivity index (χ4v) is 11.1. The van der Waals surface area contributed by atoms with Crippen molar-refractivity contribution in [2.24, 2.45) is 0 Å². The lowest BCUT2D eigenvalue weighted by atomic mass is 10.0. The molecule has 1 amide bonds. The lowest BCUT2D eigenvalue weighted by Crippen LogP contribution is -2.45. The Hall–Kier alpha value is -1.40. The van der Waals surface area contributed by atoms with E-state index in [1.807, 2.05) is 0 Å². The third-order valence-electron chi connectivity index (χ3n) is 16.3. The van der Waals surface area contributed by atoms with Crippen LogP contribution in [0.2, 0.25) is 0 Å². The molecule has 0 fully saturated rings. The summed E-state index contributed by atoms with van der Waals surface area (Å²) in [5, 5.41) is 23.2. The van der Waals surface area contributed by atoms with E-state index in [0.29, 0.717) is 25.9 Å². The SMILES string of the molecule is CCCCCCCCC/C=C\CCCCCCCC(=O)OCCCCCCCCCCCCCCCCCCCCCCCCCCCCCCCCCCC(=O)NC(CO)C(O)CCCCCCCCCCCC. The number of amides is 1. The van der Waals surface area contributed by atoms with Crippen molar-refractivity contribution < 1.29 is 24.5 Å². The molecule has 6 nitrogen and oxygen atoms in total. The Balaban J connectivity index is 3.28. The summed E-state index contributed by atoms with van der Waals surface area (Å²) in [6, 6.07) is -0.535. The van der Waals surface area contributed by atoms with E-state index in [1.54, 1.807) is 0 Å². The molecule has 3 N–H and O–H groups in total. The molecule has 0 aromatic carbocycles. The van der Waals surface area contributed by atoms with Crippen LogP contribution in [0.25, 0.3) is 0 Å². The summed E-state index contributed by atoms with van der Waals surface area (Å²) >= 11 is 0. The normalized spacial score (nSPS) is 12.5. The molecule has 0 aromatic rings. The summed E-state index contributed by atoms with van der Waals surface area (Å²) in [5.74, 6) is -0.0156. The molecular weight excluding hydrogens is 923 g/mol. The fourth-order valence-electron chi connectivity index (χ4n) is 11.1. The zero-order valence-corrected chi connectivity index (χ0v) is 51.1. The van der Waals surface area contributed by atoms with E-state index in [2.05, 4.69) is 31.3 Å². The number of aliphatic hydroxyl groups excluding tert-OH is 2. The molecule has 0 aliphatic rings. The van der Waals surface area contributed by atoms with Crippen molar-refractivity contribution in [3.8, 4) is 0 Å². The van der Waals surface area contributed by atoms with Crippen LogP contribution in [-0.2, 0) is 14.3 Å². The Bertz CT molecular complexity index is 1130. The van der Waals surface area contributed by atoms with Gasteiger partial charge in [0.15, 0.2) is 0 Å². The number of hydrogen-bond donors (Lipinski definition) is 3. The number of carbonyl (C=O) groups is 2. The standard InChI is InChI=1S/C69H135NO5/c1-3-5-7-9-11-13-15-16-17-37-40-43-47-51-55-59-63-69(74)75-64-60-56-52-48-44-41-38-35-33-31-29-27-25-23-21-19-18-20-22-24-26-28-30-32-34-36-39-42-46-50-54-58-62-68(73)70-66(65-71)67(72)61-57-53-49-45-14-12-10-8-6-4-2/h17,37,66-67,71-72H,3-16,18-36,38-65H2,1-2H3,(H,70,73)/b37-17-. The highest BCUT2D eigenvalue weighted by molar-refractivity contribution is 5.76. The van der Waals surface area contributed by atoms with E-state index in [0.717, 1.165) is 44.9 Å². The van der Waals surface area contributed by atoms with E-state index in [1.165, 1.54) is 315 Å². The third kappa shape index (κ3) is 61.7. The highest BCUT2D eigenvalue weighted by Gasteiger charge is 2.20. The highest BCUT2D eigenvalue weighted by atomic mass is 16.5. The number of unbranched alkanes of at least 4 members (excludes halogenated alkanes) is 52. The summed E-state index contributed by atoms with van der Waals surface area (Å²) in [6.45, 7) is 4.97. The van der Waals surface area contributed by atoms with Crippen LogP contribution in [-0.4, -0.2) is 47.4 Å². The van der Waals surface area contributed by atoms with Gasteiger partial charge in [-0.1, -0.05) is 341 Å². The second-order valence-electron chi connectivity index (χ2n) is 23.9. The van der Waals surface area contributed by atoms with Crippen LogP contribution in [0.4, 0.5) is 0 Å². The lowest BCUT2D eigenvalue weighted by Gasteiger charge is -2.22. The van der Waals surface area contributed by atoms with Crippen LogP contribution >= 0.6 is 0 Å². The molecule has 75 heavy (non-hydrogen) atoms. The molecule has 0 saturated heterocycles. The largest absolute Gasteiger partial charge is 0.466 e. The van der Waals surface area contributed by atoms with Crippen molar-refractivity contribution in [1.82, 2.24) is 5.32 Å². The van der Waals surface area contributed by atoms with Gasteiger partial charge in [-0.2, -0.15) is 0 Å². The minimum absolute atomic E-state index is 0.0145. The average Bonchev–Trinajstić information content (AvgIpc) is 3.41. The monoisotopic (exact) mass is 1060 g/mol. The number of allylic oxidation sites excluding steroid dienone is 2. The Kier molecular flexibility index (Phi) is 63.9. The average molecular weight is 1060 g/mol. The van der Waals surface area contributed by atoms with Crippen LogP contribution in [0, 0.1) is 0 Å². The predicted molar refractivity (Wildman–Crippen MR) is 329 cm³/mol. The first-order valence-electron chi connectivity index (χ1n) is 34.4. The lowest BCUT2D eigenvalue weighted by molar-refractivity contribution is -0.143. The molecule has 0 aromatic heterocycles. The first-order chi connectivity index (χ1) is 37.0. The van der Waals surface area contributed by atoms with Crippen LogP contribution in [0.15, 0.2) is 12.2 Å². The molecule has 446 valence electrons. The molecular formula is C69H135NO5. The van der Waals surface area contributed by atoms with E-state index in [9.17, 15) is 19.8 Å². The van der Waals surface area contributed by atoms with Gasteiger partial charge in [-0.3, -0.25) is 9.59 Å². The van der Waals surface area contributed by atoms with E-state index >= 15 is 0 Å². The smallest absolute Gasteiger partial charge is 0.305 e. The Morgan fingerprint density at radius 3 is 0.947 bits per heavy atom. The van der Waals surface area contributed by atoms with Crippen LogP contribution in [0.3, 0.4) is 0 Å². The van der Waals surface area contributed by atoms with Gasteiger partial charge >= 0.3 is 5.97 Å². The third-order valence-corrected chi connectivity index (χ3v) is 16.3. The maximum Gasteiger partial charge on any atom is 0.305 e. The van der Waals surface area contributed by atoms with Crippen molar-refractivity contribution in [3.63, 3.8) is 0 Å². The molecule has 0 bridgehead atoms. The van der Waals surface area contributed by atoms with Crippen LogP contribution in [0.1, 0.15) is 393 Å². The summed E-state index contributed by atoms with van der Waals surface area (Å²) in [5.41, 5.74) is 0. The maximum atomic E-state index is 12.4. The van der Waals surface area contributed by atoms with Crippen LogP contribution < -0.4 is 5.32 Å². The molecule has 0 spiro atoms. The molecule has 0 heterocycles. The topological polar surface area (TPSA) is 95.9 Å². The van der Waals surface area contributed by atoms with Gasteiger partial charge in [-0.05, 0) is 51.4 Å². The van der Waals surface area contributed by atoms with E-state index in [4.69, 9.17) is 4.74 Å². The highest BCUT2D eigenvalue weighted by Crippen LogP contribution is 2.19. The Labute approximate surface area is 469 Å². The number of aliphatic hydroxyl groups is 2. The summed E-state index contributed by atoms with van der Waals surface area (Å²) < 4.78 is 5.50. The zero-order chi connectivity index (χ0) is 54.3. The van der Waals surface area contributed by atoms with Gasteiger partial charge in [0.1, 0.15) is 0 Å². The summed E-state index contributed by atoms with van der Waals surface area (Å²) in [6.07, 6.45) is 79.9. The molecule has 2 atom stereocenters. The number of nitrogens with one attached hydrogen (secondary N) is 1. The van der Waals surface area contributed by atoms with Crippen molar-refractivity contribution in [1.29, 1.82) is 0 Å². The number of ether oxygens (including phenoxy) is 1. The van der Waals surface area contributed by atoms with E-state index in [-0.39, 0.29) is 18.5 Å². The van der Waals surface area contributed by atoms with Crippen molar-refractivity contribution in [3.05, 3.63) is 12.2 Å². The van der Waals surface area contributed by atoms with Gasteiger partial charge < -0.3 is 20.3 Å². The first-order valence-corrected chi connectivity index (χ1v) is 34.4. The minimum Gasteiger partial charge on any atom is -0.466 e. The summed E-state index contributed by atoms with van der Waals surface area (Å²) in [4.78, 5) is 24.5. The molecule has 6 heteroatoms. The number of esters is 1. The summed E-state index contributed by atoms with van der Waals surface area (Å²) in [7, 11) is 0. The maximum absolute atomic E-state index is 12.4. The molecule has 0 radical (unpaired) electrons. The number of hydrogen-bond acceptors (Lipinski definition) is 5. The number of carbonyl (C=O) groups excluding carboxylic acids is 2. The molecule has 0 saturated carbocycles. The first kappa shape index (κ1) is 73.6. The molecule has 2 unspecified atom stereocenters. The molecule has 0 aliphatic carbocycles. The second kappa shape index (κ2) is 65.1. The Morgan fingerprint density at radius 2 is 0.627 bits per heavy atom. The quantitative estimate of drug-likeness (QED) is 0.0320. The van der Waals surface area contributed by atoms with Crippen LogP contribution in [0.5, 0.6) is 0 Å². The van der Waals surface area contributed by atoms with Crippen molar-refractivity contribution >= 4 is 11.9 Å². The van der Waals surface area contributed by atoms with Gasteiger partial charge in [-0.25, -0.2) is 0 Å². The van der Waals surface area contributed by atoms with Crippen molar-refractivity contribution in [2.45, 2.75) is 405 Å². The minimum atomic E-state index is -0.658. The van der Waals surface area contributed by atoms with Gasteiger partial charge in [0, 0.05) is 12.8 Å². The van der Waals surface area contributed by atoms with Gasteiger partial charge in [-0.15, -0.1) is 0 Å². The zero-order valence-electron chi connectivity index (χ0n) is 51.1. The number of rotatable bonds is 65. The fraction of sp³-hybridized carbons (Fsp3) is 0.942. The van der Waals surface area contributed by atoms with Gasteiger partial charge in [0.05, 0.1) is 25.4 Å². The van der Waals surface area contributed by atoms with Gasteiger partial charge in [0.2, 0.25) is 5.91 Å². The van der Waals surface area contributed by atoms with Crippen molar-refractivity contribution in [2.75, 3.05) is 13.2 Å². The van der Waals surface area contributed by atoms with E-state index < -0.39 is 12.1 Å². The Morgan fingerprint density at radius 1 is 0.360 bits per heavy atom. The van der Waals surface area contributed by atoms with Gasteiger partial charge in [0.25, 0.3) is 0 Å². The second-order valence-corrected chi connectivity index (χ2v) is 23.9.